The number of aromatic nitrogens is 3. The standard InChI is InChI=1S/C34H29N3O4S2/c1-22(21-42(2,38)39)27-19-25-10-7-17-35-32(25)29(20-27)24-8-6-9-26(18-24)34-33(36-30-11-4-5-12-31(30)37-34)23-13-15-28(16-14-23)43(3,40)41/h4-20,22H,21H2,1-3H3. The maximum absolute atomic E-state index is 12.1. The number of benzene rings is 4. The minimum Gasteiger partial charge on any atom is -0.256 e. The van der Waals surface area contributed by atoms with Gasteiger partial charge < -0.3 is 0 Å². The molecule has 0 amide bonds. The summed E-state index contributed by atoms with van der Waals surface area (Å²) in [6, 6.07) is 30.2. The van der Waals surface area contributed by atoms with Crippen molar-refractivity contribution in [3.63, 3.8) is 0 Å². The predicted octanol–water partition coefficient (Wildman–Crippen LogP) is 6.73. The zero-order valence-corrected chi connectivity index (χ0v) is 25.5. The van der Waals surface area contributed by atoms with Crippen LogP contribution >= 0.6 is 0 Å². The molecule has 0 fully saturated rings. The molecule has 6 aromatic rings. The van der Waals surface area contributed by atoms with Crippen LogP contribution in [0, 0.1) is 0 Å². The molecule has 0 saturated carbocycles. The van der Waals surface area contributed by atoms with Crippen molar-refractivity contribution in [3.05, 3.63) is 109 Å². The fraction of sp³-hybridized carbons (Fsp3) is 0.147. The summed E-state index contributed by atoms with van der Waals surface area (Å²) >= 11 is 0. The third-order valence-electron chi connectivity index (χ3n) is 7.42. The summed E-state index contributed by atoms with van der Waals surface area (Å²) in [4.78, 5) is 14.9. The van der Waals surface area contributed by atoms with Gasteiger partial charge in [0.25, 0.3) is 0 Å². The van der Waals surface area contributed by atoms with Crippen LogP contribution in [-0.4, -0.2) is 50.1 Å². The molecule has 7 nitrogen and oxygen atoms in total. The summed E-state index contributed by atoms with van der Waals surface area (Å²) in [7, 11) is -6.52. The van der Waals surface area contributed by atoms with Gasteiger partial charge in [0.1, 0.15) is 9.84 Å². The Balaban J connectivity index is 1.53. The first-order valence-corrected chi connectivity index (χ1v) is 17.7. The lowest BCUT2D eigenvalue weighted by atomic mass is 9.92. The van der Waals surface area contributed by atoms with E-state index in [4.69, 9.17) is 9.97 Å². The first-order chi connectivity index (χ1) is 20.5. The van der Waals surface area contributed by atoms with Crippen molar-refractivity contribution in [2.24, 2.45) is 0 Å². The third-order valence-corrected chi connectivity index (χ3v) is 9.66. The van der Waals surface area contributed by atoms with E-state index >= 15 is 0 Å². The molecule has 2 heterocycles. The fourth-order valence-electron chi connectivity index (χ4n) is 5.37. The van der Waals surface area contributed by atoms with E-state index in [1.54, 1.807) is 30.5 Å². The Kier molecular flexibility index (Phi) is 7.31. The third kappa shape index (κ3) is 6.04. The van der Waals surface area contributed by atoms with Gasteiger partial charge in [0.15, 0.2) is 9.84 Å². The van der Waals surface area contributed by atoms with Gasteiger partial charge in [0.05, 0.1) is 38.6 Å². The Hall–Kier alpha value is -4.47. The minimum atomic E-state index is -3.35. The monoisotopic (exact) mass is 607 g/mol. The molecule has 1 atom stereocenters. The number of hydrogen-bond acceptors (Lipinski definition) is 7. The van der Waals surface area contributed by atoms with Crippen LogP contribution in [0.5, 0.6) is 0 Å². The number of rotatable bonds is 7. The summed E-state index contributed by atoms with van der Waals surface area (Å²) in [6.45, 7) is 1.92. The molecule has 0 N–H and O–H groups in total. The summed E-state index contributed by atoms with van der Waals surface area (Å²) in [5.74, 6) is -0.152. The molecule has 43 heavy (non-hydrogen) atoms. The molecule has 1 unspecified atom stereocenters. The van der Waals surface area contributed by atoms with Crippen LogP contribution in [0.3, 0.4) is 0 Å². The topological polar surface area (TPSA) is 107 Å². The molecule has 2 aromatic heterocycles. The molecule has 0 bridgehead atoms. The van der Waals surface area contributed by atoms with Crippen LogP contribution in [0.2, 0.25) is 0 Å². The zero-order chi connectivity index (χ0) is 30.4. The van der Waals surface area contributed by atoms with Gasteiger partial charge in [-0.3, -0.25) is 4.98 Å². The quantitative estimate of drug-likeness (QED) is 0.198. The number of nitrogens with zero attached hydrogens (tertiary/aromatic N) is 3. The molecule has 216 valence electrons. The van der Waals surface area contributed by atoms with Gasteiger partial charge in [-0.25, -0.2) is 26.8 Å². The normalized spacial score (nSPS) is 12.9. The maximum atomic E-state index is 12.1. The summed E-state index contributed by atoms with van der Waals surface area (Å²) in [5.41, 5.74) is 7.87. The Bertz CT molecular complexity index is 2230. The van der Waals surface area contributed by atoms with E-state index in [9.17, 15) is 16.8 Å². The maximum Gasteiger partial charge on any atom is 0.175 e. The average molecular weight is 608 g/mol. The molecule has 0 aliphatic heterocycles. The number of sulfone groups is 2. The highest BCUT2D eigenvalue weighted by Crippen LogP contribution is 2.36. The van der Waals surface area contributed by atoms with Crippen LogP contribution in [-0.2, 0) is 19.7 Å². The van der Waals surface area contributed by atoms with E-state index in [-0.39, 0.29) is 16.6 Å². The SMILES string of the molecule is CC(CS(C)(=O)=O)c1cc(-c2cccc(-c3nc4ccccc4nc3-c3ccc(S(C)(=O)=O)cc3)c2)c2ncccc2c1. The number of para-hydroxylation sites is 2. The highest BCUT2D eigenvalue weighted by molar-refractivity contribution is 7.91. The van der Waals surface area contributed by atoms with E-state index in [1.807, 2.05) is 79.7 Å². The van der Waals surface area contributed by atoms with Crippen LogP contribution in [0.25, 0.3) is 55.6 Å². The fourth-order valence-corrected chi connectivity index (χ4v) is 7.10. The Morgan fingerprint density at radius 3 is 1.98 bits per heavy atom. The Labute approximate surface area is 251 Å². The van der Waals surface area contributed by atoms with Gasteiger partial charge in [0.2, 0.25) is 0 Å². The van der Waals surface area contributed by atoms with Crippen LogP contribution in [0.4, 0.5) is 0 Å². The van der Waals surface area contributed by atoms with Crippen molar-refractivity contribution in [1.82, 2.24) is 15.0 Å². The molecule has 0 saturated heterocycles. The van der Waals surface area contributed by atoms with Crippen molar-refractivity contribution in [2.75, 3.05) is 18.3 Å². The predicted molar refractivity (Wildman–Crippen MR) is 172 cm³/mol. The van der Waals surface area contributed by atoms with Crippen molar-refractivity contribution >= 4 is 41.6 Å². The van der Waals surface area contributed by atoms with Crippen molar-refractivity contribution in [3.8, 4) is 33.6 Å². The second-order valence-electron chi connectivity index (χ2n) is 10.9. The molecule has 0 radical (unpaired) electrons. The van der Waals surface area contributed by atoms with Crippen molar-refractivity contribution in [2.45, 2.75) is 17.7 Å². The van der Waals surface area contributed by atoms with E-state index < -0.39 is 19.7 Å². The van der Waals surface area contributed by atoms with Gasteiger partial charge in [-0.15, -0.1) is 0 Å². The molecule has 0 spiro atoms. The zero-order valence-electron chi connectivity index (χ0n) is 23.9. The number of pyridine rings is 1. The molecule has 9 heteroatoms. The number of hydrogen-bond donors (Lipinski definition) is 0. The molecular weight excluding hydrogens is 579 g/mol. The van der Waals surface area contributed by atoms with Crippen LogP contribution < -0.4 is 0 Å². The summed E-state index contributed by atoms with van der Waals surface area (Å²) < 4.78 is 48.3. The summed E-state index contributed by atoms with van der Waals surface area (Å²) in [6.07, 6.45) is 4.19. The van der Waals surface area contributed by atoms with Crippen molar-refractivity contribution < 1.29 is 16.8 Å². The van der Waals surface area contributed by atoms with E-state index in [0.29, 0.717) is 11.4 Å². The summed E-state index contributed by atoms with van der Waals surface area (Å²) in [5, 5.41) is 0.929. The van der Waals surface area contributed by atoms with E-state index in [1.165, 1.54) is 12.5 Å². The van der Waals surface area contributed by atoms with E-state index in [0.717, 1.165) is 49.8 Å². The smallest absolute Gasteiger partial charge is 0.175 e. The van der Waals surface area contributed by atoms with Crippen molar-refractivity contribution in [1.29, 1.82) is 0 Å². The first-order valence-electron chi connectivity index (χ1n) is 13.7. The van der Waals surface area contributed by atoms with Gasteiger partial charge in [-0.1, -0.05) is 55.5 Å². The molecule has 0 aliphatic carbocycles. The first kappa shape index (κ1) is 28.6. The minimum absolute atomic E-state index is 0.0480. The Morgan fingerprint density at radius 2 is 1.33 bits per heavy atom. The van der Waals surface area contributed by atoms with E-state index in [2.05, 4.69) is 4.98 Å². The largest absolute Gasteiger partial charge is 0.256 e. The molecule has 0 aliphatic rings. The average Bonchev–Trinajstić information content (AvgIpc) is 2.98. The second-order valence-corrected chi connectivity index (χ2v) is 15.1. The van der Waals surface area contributed by atoms with Gasteiger partial charge >= 0.3 is 0 Å². The van der Waals surface area contributed by atoms with Gasteiger partial charge in [-0.2, -0.15) is 0 Å². The van der Waals surface area contributed by atoms with Gasteiger partial charge in [0, 0.05) is 40.8 Å². The lowest BCUT2D eigenvalue weighted by molar-refractivity contribution is 0.596. The highest BCUT2D eigenvalue weighted by atomic mass is 32.2. The van der Waals surface area contributed by atoms with Gasteiger partial charge in [-0.05, 0) is 65.6 Å². The Morgan fingerprint density at radius 1 is 0.674 bits per heavy atom. The molecule has 6 rings (SSSR count). The van der Waals surface area contributed by atoms with Crippen LogP contribution in [0.1, 0.15) is 18.4 Å². The van der Waals surface area contributed by atoms with Crippen LogP contribution in [0.15, 0.2) is 108 Å². The lowest BCUT2D eigenvalue weighted by Crippen LogP contribution is -2.10. The second kappa shape index (κ2) is 11.0. The highest BCUT2D eigenvalue weighted by Gasteiger charge is 2.18. The molecular formula is C34H29N3O4S2. The molecule has 4 aromatic carbocycles. The number of fused-ring (bicyclic) bond motifs is 2. The lowest BCUT2D eigenvalue weighted by Gasteiger charge is -2.16.